The van der Waals surface area contributed by atoms with Gasteiger partial charge in [0.05, 0.1) is 6.10 Å². The van der Waals surface area contributed by atoms with Gasteiger partial charge < -0.3 is 4.74 Å². The van der Waals surface area contributed by atoms with Crippen molar-refractivity contribution in [1.82, 2.24) is 14.8 Å². The fraction of sp³-hybridized carbons (Fsp3) is 0.571. The molecule has 0 N–H and O–H groups in total. The van der Waals surface area contributed by atoms with E-state index >= 15 is 0 Å². The van der Waals surface area contributed by atoms with Crippen LogP contribution in [-0.4, -0.2) is 26.8 Å². The molecule has 0 radical (unpaired) electrons. The SMILES string of the molecule is CC(C)OC(=O)c1ncn(C)n1. The zero-order chi connectivity index (χ0) is 9.14. The number of aromatic nitrogens is 3. The third kappa shape index (κ3) is 2.05. The van der Waals surface area contributed by atoms with Crippen LogP contribution in [0.25, 0.3) is 0 Å². The van der Waals surface area contributed by atoms with E-state index in [2.05, 4.69) is 10.1 Å². The van der Waals surface area contributed by atoms with Crippen molar-refractivity contribution < 1.29 is 9.53 Å². The van der Waals surface area contributed by atoms with Crippen LogP contribution in [0.15, 0.2) is 6.33 Å². The van der Waals surface area contributed by atoms with Crippen LogP contribution >= 0.6 is 0 Å². The van der Waals surface area contributed by atoms with E-state index in [1.165, 1.54) is 11.0 Å². The summed E-state index contributed by atoms with van der Waals surface area (Å²) in [6, 6.07) is 0. The molecule has 12 heavy (non-hydrogen) atoms. The monoisotopic (exact) mass is 169 g/mol. The fourth-order valence-electron chi connectivity index (χ4n) is 0.700. The van der Waals surface area contributed by atoms with Crippen molar-refractivity contribution in [2.45, 2.75) is 20.0 Å². The third-order valence-electron chi connectivity index (χ3n) is 1.12. The zero-order valence-corrected chi connectivity index (χ0v) is 7.31. The van der Waals surface area contributed by atoms with Gasteiger partial charge in [0.2, 0.25) is 0 Å². The molecular formula is C7H11N3O2. The van der Waals surface area contributed by atoms with Gasteiger partial charge in [-0.25, -0.2) is 9.78 Å². The summed E-state index contributed by atoms with van der Waals surface area (Å²) in [6.45, 7) is 3.56. The van der Waals surface area contributed by atoms with Gasteiger partial charge in [-0.1, -0.05) is 0 Å². The molecule has 0 aliphatic carbocycles. The average Bonchev–Trinajstić information content (AvgIpc) is 2.34. The van der Waals surface area contributed by atoms with Crippen LogP contribution in [0, 0.1) is 0 Å². The molecule has 0 aliphatic rings. The van der Waals surface area contributed by atoms with Crippen molar-refractivity contribution >= 4 is 5.97 Å². The summed E-state index contributed by atoms with van der Waals surface area (Å²) >= 11 is 0. The van der Waals surface area contributed by atoms with Crippen LogP contribution in [0.2, 0.25) is 0 Å². The Bertz CT molecular complexity index is 280. The predicted molar refractivity (Wildman–Crippen MR) is 41.6 cm³/mol. The molecule has 5 nitrogen and oxygen atoms in total. The second-order valence-electron chi connectivity index (χ2n) is 2.70. The minimum absolute atomic E-state index is 0.103. The highest BCUT2D eigenvalue weighted by Gasteiger charge is 2.13. The number of esters is 1. The maximum absolute atomic E-state index is 11.1. The van der Waals surface area contributed by atoms with Crippen molar-refractivity contribution in [2.75, 3.05) is 0 Å². The van der Waals surface area contributed by atoms with Crippen molar-refractivity contribution in [3.63, 3.8) is 0 Å². The summed E-state index contributed by atoms with van der Waals surface area (Å²) in [5, 5.41) is 3.79. The molecule has 1 aromatic rings. The number of carbonyl (C=O) groups excluding carboxylic acids is 1. The summed E-state index contributed by atoms with van der Waals surface area (Å²) in [5.74, 6) is -0.378. The van der Waals surface area contributed by atoms with Crippen molar-refractivity contribution in [2.24, 2.45) is 7.05 Å². The highest BCUT2D eigenvalue weighted by Crippen LogP contribution is 1.96. The van der Waals surface area contributed by atoms with Gasteiger partial charge in [0.15, 0.2) is 0 Å². The predicted octanol–water partition coefficient (Wildman–Crippen LogP) is 0.380. The molecule has 0 saturated heterocycles. The fourth-order valence-corrected chi connectivity index (χ4v) is 0.700. The Balaban J connectivity index is 2.65. The lowest BCUT2D eigenvalue weighted by atomic mass is 10.5. The van der Waals surface area contributed by atoms with Crippen LogP contribution in [-0.2, 0) is 11.8 Å². The van der Waals surface area contributed by atoms with Gasteiger partial charge in [0, 0.05) is 7.05 Å². The normalized spacial score (nSPS) is 10.3. The Hall–Kier alpha value is -1.39. The van der Waals surface area contributed by atoms with E-state index in [4.69, 9.17) is 4.74 Å². The van der Waals surface area contributed by atoms with Gasteiger partial charge in [-0.2, -0.15) is 0 Å². The Labute approximate surface area is 70.4 Å². The van der Waals surface area contributed by atoms with Gasteiger partial charge in [0.1, 0.15) is 6.33 Å². The number of nitrogens with zero attached hydrogens (tertiary/aromatic N) is 3. The number of aryl methyl sites for hydroxylation is 1. The molecule has 0 amide bonds. The highest BCUT2D eigenvalue weighted by atomic mass is 16.5. The minimum Gasteiger partial charge on any atom is -0.457 e. The van der Waals surface area contributed by atoms with E-state index < -0.39 is 5.97 Å². The van der Waals surface area contributed by atoms with Crippen LogP contribution in [0.3, 0.4) is 0 Å². The first-order valence-corrected chi connectivity index (χ1v) is 3.66. The molecule has 5 heteroatoms. The maximum Gasteiger partial charge on any atom is 0.378 e. The highest BCUT2D eigenvalue weighted by molar-refractivity contribution is 5.84. The number of hydrogen-bond acceptors (Lipinski definition) is 4. The largest absolute Gasteiger partial charge is 0.457 e. The summed E-state index contributed by atoms with van der Waals surface area (Å²) in [5.41, 5.74) is 0. The molecular weight excluding hydrogens is 158 g/mol. The summed E-state index contributed by atoms with van der Waals surface area (Å²) < 4.78 is 6.33. The quantitative estimate of drug-likeness (QED) is 0.600. The van der Waals surface area contributed by atoms with E-state index in [1.807, 2.05) is 0 Å². The molecule has 0 atom stereocenters. The number of carbonyl (C=O) groups is 1. The lowest BCUT2D eigenvalue weighted by Gasteiger charge is -2.03. The third-order valence-corrected chi connectivity index (χ3v) is 1.12. The Morgan fingerprint density at radius 3 is 2.75 bits per heavy atom. The van der Waals surface area contributed by atoms with Crippen molar-refractivity contribution in [3.8, 4) is 0 Å². The molecule has 1 aromatic heterocycles. The standard InChI is InChI=1S/C7H11N3O2/c1-5(2)12-7(11)6-8-4-10(3)9-6/h4-5H,1-3H3. The van der Waals surface area contributed by atoms with E-state index in [1.54, 1.807) is 20.9 Å². The van der Waals surface area contributed by atoms with Crippen molar-refractivity contribution in [3.05, 3.63) is 12.2 Å². The van der Waals surface area contributed by atoms with Gasteiger partial charge in [-0.3, -0.25) is 4.68 Å². The first kappa shape index (κ1) is 8.70. The maximum atomic E-state index is 11.1. The molecule has 0 saturated carbocycles. The molecule has 1 heterocycles. The topological polar surface area (TPSA) is 57.0 Å². The second kappa shape index (κ2) is 3.34. The van der Waals surface area contributed by atoms with Crippen LogP contribution < -0.4 is 0 Å². The lowest BCUT2D eigenvalue weighted by Crippen LogP contribution is -2.13. The Morgan fingerprint density at radius 2 is 2.33 bits per heavy atom. The molecule has 66 valence electrons. The Morgan fingerprint density at radius 1 is 1.67 bits per heavy atom. The molecule has 0 unspecified atom stereocenters. The van der Waals surface area contributed by atoms with Crippen LogP contribution in [0.5, 0.6) is 0 Å². The first-order valence-electron chi connectivity index (χ1n) is 3.66. The molecule has 0 aromatic carbocycles. The summed E-state index contributed by atoms with van der Waals surface area (Å²) in [7, 11) is 1.69. The molecule has 0 aliphatic heterocycles. The van der Waals surface area contributed by atoms with Gasteiger partial charge in [-0.15, -0.1) is 5.10 Å². The summed E-state index contributed by atoms with van der Waals surface area (Å²) in [4.78, 5) is 14.9. The second-order valence-corrected chi connectivity index (χ2v) is 2.70. The van der Waals surface area contributed by atoms with Crippen LogP contribution in [0.4, 0.5) is 0 Å². The Kier molecular flexibility index (Phi) is 2.42. The summed E-state index contributed by atoms with van der Waals surface area (Å²) in [6.07, 6.45) is 1.32. The molecule has 0 fully saturated rings. The van der Waals surface area contributed by atoms with Crippen molar-refractivity contribution in [1.29, 1.82) is 0 Å². The molecule has 0 spiro atoms. The van der Waals surface area contributed by atoms with E-state index in [0.717, 1.165) is 0 Å². The molecule has 0 bridgehead atoms. The van der Waals surface area contributed by atoms with E-state index in [0.29, 0.717) is 0 Å². The van der Waals surface area contributed by atoms with Crippen LogP contribution in [0.1, 0.15) is 24.5 Å². The number of rotatable bonds is 2. The zero-order valence-electron chi connectivity index (χ0n) is 7.31. The minimum atomic E-state index is -0.481. The molecule has 1 rings (SSSR count). The number of ether oxygens (including phenoxy) is 1. The van der Waals surface area contributed by atoms with Gasteiger partial charge in [-0.05, 0) is 13.8 Å². The lowest BCUT2D eigenvalue weighted by molar-refractivity contribution is 0.0363. The van der Waals surface area contributed by atoms with E-state index in [9.17, 15) is 4.79 Å². The first-order chi connectivity index (χ1) is 5.59. The smallest absolute Gasteiger partial charge is 0.378 e. The average molecular weight is 169 g/mol. The van der Waals surface area contributed by atoms with Gasteiger partial charge >= 0.3 is 5.97 Å². The van der Waals surface area contributed by atoms with E-state index in [-0.39, 0.29) is 11.9 Å². The number of hydrogen-bond donors (Lipinski definition) is 0. The van der Waals surface area contributed by atoms with Gasteiger partial charge in [0.25, 0.3) is 5.82 Å².